The Morgan fingerprint density at radius 1 is 1.19 bits per heavy atom. The average Bonchev–Trinajstić information content (AvgIpc) is 2.52. The average molecular weight is 291 g/mol. The van der Waals surface area contributed by atoms with Gasteiger partial charge in [0, 0.05) is 18.2 Å². The SMILES string of the molecule is CCCCCCNC(=O)C=Cc1cc(OC)ccc1OC. The first-order chi connectivity index (χ1) is 10.2. The predicted molar refractivity (Wildman–Crippen MR) is 85.7 cm³/mol. The van der Waals surface area contributed by atoms with E-state index in [4.69, 9.17) is 9.47 Å². The maximum absolute atomic E-state index is 11.7. The summed E-state index contributed by atoms with van der Waals surface area (Å²) < 4.78 is 10.4. The van der Waals surface area contributed by atoms with Crippen LogP contribution < -0.4 is 14.8 Å². The molecule has 4 nitrogen and oxygen atoms in total. The molecule has 1 N–H and O–H groups in total. The summed E-state index contributed by atoms with van der Waals surface area (Å²) in [7, 11) is 3.21. The molecule has 21 heavy (non-hydrogen) atoms. The van der Waals surface area contributed by atoms with Gasteiger partial charge in [0.2, 0.25) is 5.91 Å². The van der Waals surface area contributed by atoms with Crippen LogP contribution in [-0.2, 0) is 4.79 Å². The number of carbonyl (C=O) groups is 1. The Balaban J connectivity index is 2.53. The third-order valence-corrected chi connectivity index (χ3v) is 3.18. The van der Waals surface area contributed by atoms with E-state index in [1.54, 1.807) is 20.3 Å². The van der Waals surface area contributed by atoms with Gasteiger partial charge < -0.3 is 14.8 Å². The van der Waals surface area contributed by atoms with Gasteiger partial charge in [-0.05, 0) is 30.7 Å². The number of hydrogen-bond donors (Lipinski definition) is 1. The molecule has 4 heteroatoms. The smallest absolute Gasteiger partial charge is 0.244 e. The molecule has 0 atom stereocenters. The number of benzene rings is 1. The second-order valence-corrected chi connectivity index (χ2v) is 4.79. The fourth-order valence-electron chi connectivity index (χ4n) is 1.96. The highest BCUT2D eigenvalue weighted by Gasteiger charge is 2.02. The molecule has 0 fully saturated rings. The van der Waals surface area contributed by atoms with Gasteiger partial charge in [-0.3, -0.25) is 4.79 Å². The molecule has 0 spiro atoms. The van der Waals surface area contributed by atoms with Gasteiger partial charge >= 0.3 is 0 Å². The van der Waals surface area contributed by atoms with Crippen molar-refractivity contribution in [1.29, 1.82) is 0 Å². The van der Waals surface area contributed by atoms with Gasteiger partial charge in [0.25, 0.3) is 0 Å². The van der Waals surface area contributed by atoms with Crippen LogP contribution in [0.25, 0.3) is 6.08 Å². The molecule has 0 aromatic heterocycles. The molecule has 1 aromatic carbocycles. The van der Waals surface area contributed by atoms with Crippen molar-refractivity contribution in [2.75, 3.05) is 20.8 Å². The summed E-state index contributed by atoms with van der Waals surface area (Å²) in [5.41, 5.74) is 0.818. The molecule has 0 radical (unpaired) electrons. The molecule has 0 aliphatic carbocycles. The van der Waals surface area contributed by atoms with Crippen LogP contribution in [0.4, 0.5) is 0 Å². The lowest BCUT2D eigenvalue weighted by atomic mass is 10.1. The molecule has 0 saturated carbocycles. The molecule has 1 amide bonds. The molecule has 0 unspecified atom stereocenters. The van der Waals surface area contributed by atoms with Gasteiger partial charge in [0.1, 0.15) is 11.5 Å². The lowest BCUT2D eigenvalue weighted by Gasteiger charge is -2.07. The zero-order valence-electron chi connectivity index (χ0n) is 13.1. The fraction of sp³-hybridized carbons (Fsp3) is 0.471. The lowest BCUT2D eigenvalue weighted by molar-refractivity contribution is -0.116. The van der Waals surface area contributed by atoms with Crippen molar-refractivity contribution >= 4 is 12.0 Å². The second-order valence-electron chi connectivity index (χ2n) is 4.79. The van der Waals surface area contributed by atoms with E-state index in [9.17, 15) is 4.79 Å². The molecule has 116 valence electrons. The van der Waals surface area contributed by atoms with Gasteiger partial charge in [0.05, 0.1) is 14.2 Å². The fourth-order valence-corrected chi connectivity index (χ4v) is 1.96. The van der Waals surface area contributed by atoms with Gasteiger partial charge in [-0.2, -0.15) is 0 Å². The van der Waals surface area contributed by atoms with Gasteiger partial charge in [-0.1, -0.05) is 26.2 Å². The normalized spacial score (nSPS) is 10.6. The topological polar surface area (TPSA) is 47.6 Å². The van der Waals surface area contributed by atoms with Crippen LogP contribution in [0.2, 0.25) is 0 Å². The Kier molecular flexibility index (Phi) is 8.02. The maximum Gasteiger partial charge on any atom is 0.244 e. The predicted octanol–water partition coefficient (Wildman–Crippen LogP) is 3.41. The van der Waals surface area contributed by atoms with E-state index in [1.807, 2.05) is 18.2 Å². The summed E-state index contributed by atoms with van der Waals surface area (Å²) in [6, 6.07) is 5.48. The Bertz CT molecular complexity index is 469. The van der Waals surface area contributed by atoms with Crippen molar-refractivity contribution in [3.8, 4) is 11.5 Å². The summed E-state index contributed by atoms with van der Waals surface area (Å²) in [6.45, 7) is 2.89. The van der Waals surface area contributed by atoms with Crippen LogP contribution in [-0.4, -0.2) is 26.7 Å². The monoisotopic (exact) mass is 291 g/mol. The Morgan fingerprint density at radius 2 is 2.00 bits per heavy atom. The van der Waals surface area contributed by atoms with Crippen molar-refractivity contribution in [2.45, 2.75) is 32.6 Å². The highest BCUT2D eigenvalue weighted by Crippen LogP contribution is 2.24. The molecule has 1 rings (SSSR count). The molecule has 0 aliphatic rings. The van der Waals surface area contributed by atoms with Crippen LogP contribution in [0, 0.1) is 0 Å². The number of amides is 1. The Labute approximate surface area is 127 Å². The minimum Gasteiger partial charge on any atom is -0.497 e. The van der Waals surface area contributed by atoms with Crippen LogP contribution in [0.15, 0.2) is 24.3 Å². The van der Waals surface area contributed by atoms with Crippen molar-refractivity contribution in [3.05, 3.63) is 29.8 Å². The summed E-state index contributed by atoms with van der Waals surface area (Å²) in [4.78, 5) is 11.7. The zero-order valence-corrected chi connectivity index (χ0v) is 13.1. The van der Waals surface area contributed by atoms with Crippen molar-refractivity contribution in [1.82, 2.24) is 5.32 Å². The summed E-state index contributed by atoms with van der Waals surface area (Å²) in [6.07, 6.45) is 7.86. The first-order valence-corrected chi connectivity index (χ1v) is 7.39. The van der Waals surface area contributed by atoms with E-state index in [-0.39, 0.29) is 5.91 Å². The maximum atomic E-state index is 11.7. The van der Waals surface area contributed by atoms with E-state index >= 15 is 0 Å². The number of methoxy groups -OCH3 is 2. The Morgan fingerprint density at radius 3 is 2.67 bits per heavy atom. The first-order valence-electron chi connectivity index (χ1n) is 7.39. The van der Waals surface area contributed by atoms with E-state index in [0.29, 0.717) is 5.75 Å². The van der Waals surface area contributed by atoms with Crippen LogP contribution in [0.1, 0.15) is 38.2 Å². The molecule has 0 heterocycles. The third kappa shape index (κ3) is 6.34. The first kappa shape index (κ1) is 17.1. The largest absolute Gasteiger partial charge is 0.497 e. The van der Waals surface area contributed by atoms with Crippen LogP contribution >= 0.6 is 0 Å². The van der Waals surface area contributed by atoms with E-state index < -0.39 is 0 Å². The molecular formula is C17H25NO3. The molecular weight excluding hydrogens is 266 g/mol. The minimum absolute atomic E-state index is 0.0867. The number of carbonyl (C=O) groups excluding carboxylic acids is 1. The number of unbranched alkanes of at least 4 members (excludes halogenated alkanes) is 3. The van der Waals surface area contributed by atoms with Crippen LogP contribution in [0.5, 0.6) is 11.5 Å². The lowest BCUT2D eigenvalue weighted by Crippen LogP contribution is -2.21. The van der Waals surface area contributed by atoms with Gasteiger partial charge in [0.15, 0.2) is 0 Å². The third-order valence-electron chi connectivity index (χ3n) is 3.18. The second kappa shape index (κ2) is 9.86. The Hall–Kier alpha value is -1.97. The highest BCUT2D eigenvalue weighted by atomic mass is 16.5. The van der Waals surface area contributed by atoms with Crippen molar-refractivity contribution < 1.29 is 14.3 Å². The highest BCUT2D eigenvalue weighted by molar-refractivity contribution is 5.92. The number of nitrogens with one attached hydrogen (secondary N) is 1. The van der Waals surface area contributed by atoms with E-state index in [2.05, 4.69) is 12.2 Å². The molecule has 0 saturated heterocycles. The number of hydrogen-bond acceptors (Lipinski definition) is 3. The molecule has 0 bridgehead atoms. The van der Waals surface area contributed by atoms with Gasteiger partial charge in [-0.25, -0.2) is 0 Å². The van der Waals surface area contributed by atoms with Crippen LogP contribution in [0.3, 0.4) is 0 Å². The van der Waals surface area contributed by atoms with E-state index in [1.165, 1.54) is 18.9 Å². The zero-order chi connectivity index (χ0) is 15.5. The summed E-state index contributed by atoms with van der Waals surface area (Å²) in [5.74, 6) is 1.36. The molecule has 0 aliphatic heterocycles. The number of ether oxygens (including phenoxy) is 2. The molecule has 1 aromatic rings. The van der Waals surface area contributed by atoms with Crippen molar-refractivity contribution in [2.24, 2.45) is 0 Å². The summed E-state index contributed by atoms with van der Waals surface area (Å²) >= 11 is 0. The van der Waals surface area contributed by atoms with Crippen molar-refractivity contribution in [3.63, 3.8) is 0 Å². The standard InChI is InChI=1S/C17H25NO3/c1-4-5-6-7-12-18-17(19)11-8-14-13-15(20-2)9-10-16(14)21-3/h8-11,13H,4-7,12H2,1-3H3,(H,18,19). The summed E-state index contributed by atoms with van der Waals surface area (Å²) in [5, 5.41) is 2.88. The van der Waals surface area contributed by atoms with E-state index in [0.717, 1.165) is 30.7 Å². The van der Waals surface area contributed by atoms with Gasteiger partial charge in [-0.15, -0.1) is 0 Å². The number of rotatable bonds is 9. The quantitative estimate of drug-likeness (QED) is 0.560. The minimum atomic E-state index is -0.0867.